The van der Waals surface area contributed by atoms with Gasteiger partial charge in [-0.05, 0) is 23.8 Å². The van der Waals surface area contributed by atoms with Crippen molar-refractivity contribution in [1.82, 2.24) is 10.6 Å². The third kappa shape index (κ3) is 1.95. The van der Waals surface area contributed by atoms with Crippen molar-refractivity contribution in [1.29, 1.82) is 0 Å². The molecule has 0 bridgehead atoms. The maximum atomic E-state index is 13.0. The Morgan fingerprint density at radius 3 is 2.50 bits per heavy atom. The highest BCUT2D eigenvalue weighted by molar-refractivity contribution is 5.65. The van der Waals surface area contributed by atoms with Gasteiger partial charge >= 0.3 is 6.18 Å². The molecule has 1 aliphatic rings. The predicted octanol–water partition coefficient (Wildman–Crippen LogP) is 2.29. The maximum absolute atomic E-state index is 13.0. The number of alkyl halides is 3. The third-order valence-electron chi connectivity index (χ3n) is 2.21. The van der Waals surface area contributed by atoms with Crippen LogP contribution in [0.2, 0.25) is 0 Å². The van der Waals surface area contributed by atoms with E-state index in [9.17, 15) is 17.6 Å². The van der Waals surface area contributed by atoms with Crippen LogP contribution in [0.3, 0.4) is 0 Å². The van der Waals surface area contributed by atoms with Crippen LogP contribution in [-0.2, 0) is 6.18 Å². The normalized spacial score (nSPS) is 15.4. The number of benzene rings is 1. The van der Waals surface area contributed by atoms with Crippen LogP contribution < -0.4 is 10.6 Å². The van der Waals surface area contributed by atoms with Crippen LogP contribution in [0.25, 0.3) is 5.70 Å². The maximum Gasteiger partial charge on any atom is 0.419 e. The molecule has 6 heteroatoms. The average molecular weight is 232 g/mol. The molecule has 2 rings (SSSR count). The fourth-order valence-corrected chi connectivity index (χ4v) is 1.45. The van der Waals surface area contributed by atoms with Gasteiger partial charge in [0.25, 0.3) is 0 Å². The molecule has 0 saturated carbocycles. The van der Waals surface area contributed by atoms with Crippen LogP contribution in [0, 0.1) is 5.82 Å². The topological polar surface area (TPSA) is 24.1 Å². The van der Waals surface area contributed by atoms with E-state index >= 15 is 0 Å². The monoisotopic (exact) mass is 232 g/mol. The van der Waals surface area contributed by atoms with E-state index in [0.717, 1.165) is 12.1 Å². The second kappa shape index (κ2) is 3.70. The minimum atomic E-state index is -4.67. The molecule has 0 saturated heterocycles. The molecule has 0 aliphatic carbocycles. The molecule has 1 aliphatic heterocycles. The summed E-state index contributed by atoms with van der Waals surface area (Å²) in [6.45, 7) is 0.452. The molecule has 0 aromatic heterocycles. The van der Waals surface area contributed by atoms with Crippen molar-refractivity contribution < 1.29 is 17.6 Å². The zero-order valence-corrected chi connectivity index (χ0v) is 8.03. The summed E-state index contributed by atoms with van der Waals surface area (Å²) in [6, 6.07) is 2.91. The number of hydrogen-bond acceptors (Lipinski definition) is 2. The van der Waals surface area contributed by atoms with Gasteiger partial charge in [0.2, 0.25) is 0 Å². The Morgan fingerprint density at radius 1 is 1.19 bits per heavy atom. The minimum Gasteiger partial charge on any atom is -0.372 e. The summed E-state index contributed by atoms with van der Waals surface area (Å²) < 4.78 is 50.2. The molecule has 16 heavy (non-hydrogen) atoms. The van der Waals surface area contributed by atoms with Crippen LogP contribution in [0.5, 0.6) is 0 Å². The van der Waals surface area contributed by atoms with E-state index < -0.39 is 17.6 Å². The Morgan fingerprint density at radius 2 is 1.94 bits per heavy atom. The summed E-state index contributed by atoms with van der Waals surface area (Å²) in [5.41, 5.74) is -0.427. The Bertz CT molecular complexity index is 437. The SMILES string of the molecule is Fc1ccc(C2=CNCN2)cc1C(F)(F)F. The molecule has 86 valence electrons. The van der Waals surface area contributed by atoms with Crippen molar-refractivity contribution in [2.75, 3.05) is 6.67 Å². The lowest BCUT2D eigenvalue weighted by Gasteiger charge is -2.10. The second-order valence-corrected chi connectivity index (χ2v) is 3.31. The molecule has 1 heterocycles. The average Bonchev–Trinajstić information content (AvgIpc) is 2.69. The summed E-state index contributed by atoms with van der Waals surface area (Å²) in [4.78, 5) is 0. The zero-order chi connectivity index (χ0) is 11.8. The Hall–Kier alpha value is -1.72. The van der Waals surface area contributed by atoms with Crippen molar-refractivity contribution in [2.24, 2.45) is 0 Å². The summed E-state index contributed by atoms with van der Waals surface area (Å²) in [6.07, 6.45) is -3.12. The third-order valence-corrected chi connectivity index (χ3v) is 2.21. The van der Waals surface area contributed by atoms with E-state index in [1.807, 2.05) is 0 Å². The van der Waals surface area contributed by atoms with Crippen LogP contribution in [-0.4, -0.2) is 6.67 Å². The Kier molecular flexibility index (Phi) is 2.49. The van der Waals surface area contributed by atoms with Gasteiger partial charge in [-0.2, -0.15) is 13.2 Å². The smallest absolute Gasteiger partial charge is 0.372 e. The van der Waals surface area contributed by atoms with Crippen molar-refractivity contribution >= 4 is 5.70 Å². The van der Waals surface area contributed by atoms with Gasteiger partial charge in [0.1, 0.15) is 5.82 Å². The molecule has 2 N–H and O–H groups in total. The Balaban J connectivity index is 2.43. The number of halogens is 4. The zero-order valence-electron chi connectivity index (χ0n) is 8.03. The lowest BCUT2D eigenvalue weighted by Crippen LogP contribution is -2.14. The van der Waals surface area contributed by atoms with Gasteiger partial charge in [-0.3, -0.25) is 0 Å². The van der Waals surface area contributed by atoms with Crippen LogP contribution in [0.4, 0.5) is 17.6 Å². The molecular weight excluding hydrogens is 224 g/mol. The van der Waals surface area contributed by atoms with Crippen LogP contribution in [0.15, 0.2) is 24.4 Å². The molecule has 0 unspecified atom stereocenters. The fraction of sp³-hybridized carbons (Fsp3) is 0.200. The van der Waals surface area contributed by atoms with Gasteiger partial charge in [-0.25, -0.2) is 4.39 Å². The Labute approximate surface area is 89.0 Å². The van der Waals surface area contributed by atoms with E-state index in [4.69, 9.17) is 0 Å². The predicted molar refractivity (Wildman–Crippen MR) is 50.5 cm³/mol. The first-order valence-corrected chi connectivity index (χ1v) is 4.53. The van der Waals surface area contributed by atoms with Crippen molar-refractivity contribution in [2.45, 2.75) is 6.18 Å². The molecule has 1 aromatic carbocycles. The van der Waals surface area contributed by atoms with Crippen LogP contribution >= 0.6 is 0 Å². The number of hydrogen-bond donors (Lipinski definition) is 2. The molecular formula is C10H8F4N2. The van der Waals surface area contributed by atoms with Gasteiger partial charge in [-0.15, -0.1) is 0 Å². The summed E-state index contributed by atoms with van der Waals surface area (Å²) in [5, 5.41) is 5.63. The standard InChI is InChI=1S/C10H8F4N2/c11-8-2-1-6(9-4-15-5-16-9)3-7(8)10(12,13)14/h1-4,15-16H,5H2. The summed E-state index contributed by atoms with van der Waals surface area (Å²) >= 11 is 0. The van der Waals surface area contributed by atoms with Gasteiger partial charge in [-0.1, -0.05) is 0 Å². The van der Waals surface area contributed by atoms with Crippen molar-refractivity contribution in [3.05, 3.63) is 41.3 Å². The van der Waals surface area contributed by atoms with E-state index in [1.54, 1.807) is 6.20 Å². The fourth-order valence-electron chi connectivity index (χ4n) is 1.45. The van der Waals surface area contributed by atoms with Gasteiger partial charge in [0.15, 0.2) is 0 Å². The highest BCUT2D eigenvalue weighted by Gasteiger charge is 2.34. The van der Waals surface area contributed by atoms with Gasteiger partial charge < -0.3 is 10.6 Å². The highest BCUT2D eigenvalue weighted by Crippen LogP contribution is 2.32. The molecule has 0 radical (unpaired) electrons. The molecule has 0 fully saturated rings. The van der Waals surface area contributed by atoms with Gasteiger partial charge in [0.05, 0.1) is 17.9 Å². The largest absolute Gasteiger partial charge is 0.419 e. The lowest BCUT2D eigenvalue weighted by atomic mass is 10.1. The van der Waals surface area contributed by atoms with Crippen LogP contribution in [0.1, 0.15) is 11.1 Å². The number of rotatable bonds is 1. The first-order valence-electron chi connectivity index (χ1n) is 4.53. The molecule has 0 spiro atoms. The van der Waals surface area contributed by atoms with E-state index in [1.165, 1.54) is 6.07 Å². The first-order chi connectivity index (χ1) is 7.48. The molecule has 0 atom stereocenters. The minimum absolute atomic E-state index is 0.304. The lowest BCUT2D eigenvalue weighted by molar-refractivity contribution is -0.140. The summed E-state index contributed by atoms with van der Waals surface area (Å²) in [7, 11) is 0. The van der Waals surface area contributed by atoms with E-state index in [0.29, 0.717) is 17.9 Å². The van der Waals surface area contributed by atoms with Gasteiger partial charge in [0, 0.05) is 6.20 Å². The highest BCUT2D eigenvalue weighted by atomic mass is 19.4. The van der Waals surface area contributed by atoms with Crippen molar-refractivity contribution in [3.63, 3.8) is 0 Å². The molecule has 2 nitrogen and oxygen atoms in total. The van der Waals surface area contributed by atoms with Crippen molar-refractivity contribution in [3.8, 4) is 0 Å². The quantitative estimate of drug-likeness (QED) is 0.726. The molecule has 1 aromatic rings. The summed E-state index contributed by atoms with van der Waals surface area (Å²) in [5.74, 6) is -1.26. The first kappa shape index (κ1) is 10.8. The number of nitrogens with one attached hydrogen (secondary N) is 2. The van der Waals surface area contributed by atoms with E-state index in [2.05, 4.69) is 10.6 Å². The molecule has 0 amide bonds. The second-order valence-electron chi connectivity index (χ2n) is 3.31. The van der Waals surface area contributed by atoms with E-state index in [-0.39, 0.29) is 0 Å².